The van der Waals surface area contributed by atoms with Crippen LogP contribution in [0.3, 0.4) is 0 Å². The maximum atomic E-state index is 12.5. The highest BCUT2D eigenvalue weighted by atomic mass is 32.2. The molecular weight excluding hydrogens is 378 g/mol. The quantitative estimate of drug-likeness (QED) is 0.378. The van der Waals surface area contributed by atoms with Crippen molar-refractivity contribution in [2.24, 2.45) is 0 Å². The van der Waals surface area contributed by atoms with Gasteiger partial charge in [0.15, 0.2) is 5.16 Å². The third-order valence-corrected chi connectivity index (χ3v) is 5.25. The largest absolute Gasteiger partial charge is 0.469 e. The Morgan fingerprint density at radius 1 is 1.29 bits per heavy atom. The van der Waals surface area contributed by atoms with Gasteiger partial charge in [0, 0.05) is 18.5 Å². The second-order valence-corrected chi connectivity index (χ2v) is 7.65. The van der Waals surface area contributed by atoms with Crippen LogP contribution in [0.15, 0.2) is 46.3 Å². The average molecular weight is 404 g/mol. The summed E-state index contributed by atoms with van der Waals surface area (Å²) in [5, 5.41) is 2.81. The van der Waals surface area contributed by atoms with E-state index in [9.17, 15) is 14.4 Å². The number of benzene rings is 1. The minimum absolute atomic E-state index is 0.0934. The number of methoxy groups -OCH3 is 1. The van der Waals surface area contributed by atoms with Crippen molar-refractivity contribution in [1.29, 1.82) is 0 Å². The summed E-state index contributed by atoms with van der Waals surface area (Å²) in [5.41, 5.74) is 1.12. The van der Waals surface area contributed by atoms with Gasteiger partial charge < -0.3 is 15.0 Å². The van der Waals surface area contributed by atoms with E-state index in [0.717, 1.165) is 18.2 Å². The Bertz CT molecular complexity index is 854. The maximum absolute atomic E-state index is 12.5. The highest BCUT2D eigenvalue weighted by Gasteiger charge is 2.18. The number of H-pyrrole nitrogens is 1. The van der Waals surface area contributed by atoms with E-state index in [1.165, 1.54) is 18.7 Å². The topological polar surface area (TPSA) is 101 Å². The summed E-state index contributed by atoms with van der Waals surface area (Å²) >= 11 is 1.14. The summed E-state index contributed by atoms with van der Waals surface area (Å²) in [7, 11) is 1.27. The number of amides is 1. The molecule has 0 unspecified atom stereocenters. The summed E-state index contributed by atoms with van der Waals surface area (Å²) < 4.78 is 4.59. The summed E-state index contributed by atoms with van der Waals surface area (Å²) in [6.07, 6.45) is 0.820. The predicted octanol–water partition coefficient (Wildman–Crippen LogP) is 2.28. The monoisotopic (exact) mass is 403 g/mol. The van der Waals surface area contributed by atoms with Gasteiger partial charge >= 0.3 is 5.97 Å². The number of thioether (sulfide) groups is 1. The molecule has 1 heterocycles. The van der Waals surface area contributed by atoms with E-state index in [2.05, 4.69) is 39.1 Å². The van der Waals surface area contributed by atoms with Crippen LogP contribution in [0.4, 0.5) is 0 Å². The Kier molecular flexibility index (Phi) is 8.25. The molecule has 2 aromatic rings. The Morgan fingerprint density at radius 3 is 2.64 bits per heavy atom. The molecule has 2 N–H and O–H groups in total. The Labute approximate surface area is 168 Å². The highest BCUT2D eigenvalue weighted by molar-refractivity contribution is 8.00. The van der Waals surface area contributed by atoms with Crippen molar-refractivity contribution >= 4 is 23.6 Å². The van der Waals surface area contributed by atoms with Gasteiger partial charge in [0.1, 0.15) is 0 Å². The molecule has 0 radical (unpaired) electrons. The first-order valence-electron chi connectivity index (χ1n) is 9.09. The van der Waals surface area contributed by atoms with Crippen molar-refractivity contribution in [3.63, 3.8) is 0 Å². The number of carbonyl (C=O) groups is 2. The van der Waals surface area contributed by atoms with Crippen LogP contribution in [0, 0.1) is 0 Å². The molecule has 0 saturated heterocycles. The molecular formula is C20H25N3O4S. The van der Waals surface area contributed by atoms with E-state index in [1.807, 2.05) is 18.2 Å². The van der Waals surface area contributed by atoms with Gasteiger partial charge in [0.05, 0.1) is 24.5 Å². The lowest BCUT2D eigenvalue weighted by atomic mass is 9.96. The lowest BCUT2D eigenvalue weighted by molar-refractivity contribution is -0.139. The van der Waals surface area contributed by atoms with Gasteiger partial charge in [-0.15, -0.1) is 0 Å². The first-order chi connectivity index (χ1) is 13.4. The van der Waals surface area contributed by atoms with Crippen molar-refractivity contribution in [2.45, 2.75) is 43.0 Å². The molecule has 1 aromatic carbocycles. The summed E-state index contributed by atoms with van der Waals surface area (Å²) in [4.78, 5) is 42.5. The van der Waals surface area contributed by atoms with Crippen LogP contribution in [0.1, 0.15) is 37.4 Å². The first kappa shape index (κ1) is 21.7. The summed E-state index contributed by atoms with van der Waals surface area (Å²) in [6.45, 7) is 4.37. The van der Waals surface area contributed by atoms with Crippen molar-refractivity contribution in [1.82, 2.24) is 15.3 Å². The van der Waals surface area contributed by atoms with E-state index in [-0.39, 0.29) is 23.8 Å². The van der Waals surface area contributed by atoms with Crippen LogP contribution >= 0.6 is 11.8 Å². The van der Waals surface area contributed by atoms with Crippen LogP contribution in [0.25, 0.3) is 0 Å². The molecule has 0 aliphatic rings. The van der Waals surface area contributed by atoms with Crippen molar-refractivity contribution in [3.8, 4) is 0 Å². The fraction of sp³-hybridized carbons (Fsp3) is 0.400. The molecule has 2 rings (SSSR count). The zero-order chi connectivity index (χ0) is 20.5. The molecule has 1 aromatic heterocycles. The molecule has 0 aliphatic heterocycles. The molecule has 2 atom stereocenters. The fourth-order valence-electron chi connectivity index (χ4n) is 2.66. The highest BCUT2D eigenvalue weighted by Crippen LogP contribution is 2.21. The molecule has 8 heteroatoms. The SMILES string of the molecule is CC[C@@H](CNC(=O)[C@H](C)Sc1nc(CC(=O)OC)cc(=O)[nH]1)c1ccccc1. The van der Waals surface area contributed by atoms with Crippen molar-refractivity contribution in [3.05, 3.63) is 58.0 Å². The van der Waals surface area contributed by atoms with Crippen LogP contribution < -0.4 is 10.9 Å². The Morgan fingerprint density at radius 2 is 2.00 bits per heavy atom. The minimum atomic E-state index is -0.480. The number of nitrogens with one attached hydrogen (secondary N) is 2. The van der Waals surface area contributed by atoms with Gasteiger partial charge in [0.2, 0.25) is 5.91 Å². The number of aromatic nitrogens is 2. The van der Waals surface area contributed by atoms with Gasteiger partial charge in [0.25, 0.3) is 5.56 Å². The summed E-state index contributed by atoms with van der Waals surface area (Å²) in [5.74, 6) is -0.379. The molecule has 1 amide bonds. The second-order valence-electron chi connectivity index (χ2n) is 6.32. The van der Waals surface area contributed by atoms with Gasteiger partial charge in [-0.05, 0) is 18.9 Å². The van der Waals surface area contributed by atoms with E-state index >= 15 is 0 Å². The van der Waals surface area contributed by atoms with Crippen LogP contribution in [0.5, 0.6) is 0 Å². The first-order valence-corrected chi connectivity index (χ1v) is 9.97. The molecule has 0 saturated carbocycles. The van der Waals surface area contributed by atoms with Gasteiger partial charge in [-0.2, -0.15) is 0 Å². The predicted molar refractivity (Wildman–Crippen MR) is 108 cm³/mol. The number of esters is 1. The molecule has 28 heavy (non-hydrogen) atoms. The number of rotatable bonds is 9. The molecule has 150 valence electrons. The van der Waals surface area contributed by atoms with Crippen LogP contribution in [0.2, 0.25) is 0 Å². The lowest BCUT2D eigenvalue weighted by Gasteiger charge is -2.18. The normalized spacial score (nSPS) is 12.8. The third kappa shape index (κ3) is 6.53. The van der Waals surface area contributed by atoms with E-state index in [4.69, 9.17) is 0 Å². The van der Waals surface area contributed by atoms with Crippen LogP contribution in [-0.2, 0) is 20.7 Å². The van der Waals surface area contributed by atoms with E-state index in [1.54, 1.807) is 6.92 Å². The molecule has 0 spiro atoms. The van der Waals surface area contributed by atoms with Crippen LogP contribution in [-0.4, -0.2) is 40.7 Å². The maximum Gasteiger partial charge on any atom is 0.311 e. The second kappa shape index (κ2) is 10.7. The molecule has 0 bridgehead atoms. The minimum Gasteiger partial charge on any atom is -0.469 e. The molecule has 0 aliphatic carbocycles. The smallest absolute Gasteiger partial charge is 0.311 e. The number of carbonyl (C=O) groups excluding carboxylic acids is 2. The van der Waals surface area contributed by atoms with E-state index in [0.29, 0.717) is 17.4 Å². The number of hydrogen-bond acceptors (Lipinski definition) is 6. The number of ether oxygens (including phenoxy) is 1. The zero-order valence-electron chi connectivity index (χ0n) is 16.2. The van der Waals surface area contributed by atoms with Gasteiger partial charge in [-0.25, -0.2) is 4.98 Å². The number of aromatic amines is 1. The molecule has 7 nitrogen and oxygen atoms in total. The van der Waals surface area contributed by atoms with Gasteiger partial charge in [-0.3, -0.25) is 14.4 Å². The van der Waals surface area contributed by atoms with Gasteiger partial charge in [-0.1, -0.05) is 49.0 Å². The zero-order valence-corrected chi connectivity index (χ0v) is 17.0. The Balaban J connectivity index is 1.96. The standard InChI is InChI=1S/C20H25N3O4S/c1-4-14(15-8-6-5-7-9-15)12-21-19(26)13(2)28-20-22-16(10-17(24)23-20)11-18(25)27-3/h5-10,13-14H,4,11-12H2,1-3H3,(H,21,26)(H,22,23,24)/t13-,14-/m0/s1. The summed E-state index contributed by atoms with van der Waals surface area (Å²) in [6, 6.07) is 11.3. The number of hydrogen-bond donors (Lipinski definition) is 2. The Hall–Kier alpha value is -2.61. The van der Waals surface area contributed by atoms with Crippen molar-refractivity contribution in [2.75, 3.05) is 13.7 Å². The average Bonchev–Trinajstić information content (AvgIpc) is 2.68. The lowest BCUT2D eigenvalue weighted by Crippen LogP contribution is -2.34. The molecule has 0 fully saturated rings. The van der Waals surface area contributed by atoms with Crippen molar-refractivity contribution < 1.29 is 14.3 Å². The van der Waals surface area contributed by atoms with E-state index < -0.39 is 11.2 Å². The fourth-order valence-corrected chi connectivity index (χ4v) is 3.52. The number of nitrogens with zero attached hydrogens (tertiary/aromatic N) is 1. The third-order valence-electron chi connectivity index (χ3n) is 4.27.